The Balaban J connectivity index is 1.75. The van der Waals surface area contributed by atoms with Crippen molar-refractivity contribution in [1.29, 1.82) is 0 Å². The Kier molecular flexibility index (Phi) is 6.47. The van der Waals surface area contributed by atoms with Crippen LogP contribution in [0.4, 0.5) is 0 Å². The van der Waals surface area contributed by atoms with E-state index in [-0.39, 0.29) is 17.9 Å². The Morgan fingerprint density at radius 3 is 2.76 bits per heavy atom. The maximum Gasteiger partial charge on any atom is 0.214 e. The van der Waals surface area contributed by atoms with Crippen LogP contribution in [0.5, 0.6) is 0 Å². The van der Waals surface area contributed by atoms with Crippen LogP contribution in [-0.4, -0.2) is 57.5 Å². The number of nitrogens with one attached hydrogen (secondary N) is 1. The predicted molar refractivity (Wildman–Crippen MR) is 84.8 cm³/mol. The van der Waals surface area contributed by atoms with Crippen LogP contribution < -0.4 is 4.72 Å². The minimum atomic E-state index is -3.25. The van der Waals surface area contributed by atoms with Gasteiger partial charge in [-0.3, -0.25) is 0 Å². The highest BCUT2D eigenvalue weighted by molar-refractivity contribution is 7.89. The minimum absolute atomic E-state index is 0.0381. The molecule has 0 aromatic rings. The lowest BCUT2D eigenvalue weighted by molar-refractivity contribution is 0.0303. The summed E-state index contributed by atoms with van der Waals surface area (Å²) in [6, 6.07) is -0.0381. The quantitative estimate of drug-likeness (QED) is 0.808. The van der Waals surface area contributed by atoms with Gasteiger partial charge < -0.3 is 9.64 Å². The highest BCUT2D eigenvalue weighted by Gasteiger charge is 2.25. The molecule has 0 aliphatic carbocycles. The third-order valence-corrected chi connectivity index (χ3v) is 5.91. The van der Waals surface area contributed by atoms with Gasteiger partial charge in [0.2, 0.25) is 10.0 Å². The summed E-state index contributed by atoms with van der Waals surface area (Å²) in [7, 11) is -3.25. The molecule has 2 heterocycles. The largest absolute Gasteiger partial charge is 0.377 e. The van der Waals surface area contributed by atoms with Gasteiger partial charge in [0.15, 0.2) is 0 Å². The first-order chi connectivity index (χ1) is 9.94. The van der Waals surface area contributed by atoms with E-state index >= 15 is 0 Å². The summed E-state index contributed by atoms with van der Waals surface area (Å²) in [5.41, 5.74) is 0. The van der Waals surface area contributed by atoms with Crippen LogP contribution in [0.2, 0.25) is 0 Å². The van der Waals surface area contributed by atoms with Crippen LogP contribution >= 0.6 is 0 Å². The van der Waals surface area contributed by atoms with Crippen LogP contribution in [0.25, 0.3) is 0 Å². The third kappa shape index (κ3) is 6.22. The van der Waals surface area contributed by atoms with E-state index in [1.165, 1.54) is 12.8 Å². The molecule has 2 aliphatic heterocycles. The van der Waals surface area contributed by atoms with E-state index in [1.54, 1.807) is 0 Å². The smallest absolute Gasteiger partial charge is 0.214 e. The van der Waals surface area contributed by atoms with Crippen molar-refractivity contribution in [2.24, 2.45) is 5.92 Å². The molecule has 6 heteroatoms. The molecule has 2 fully saturated rings. The molecule has 0 amide bonds. The van der Waals surface area contributed by atoms with Crippen LogP contribution in [-0.2, 0) is 14.8 Å². The molecule has 1 N–H and O–H groups in total. The van der Waals surface area contributed by atoms with Gasteiger partial charge in [0.05, 0.1) is 11.9 Å². The zero-order valence-electron chi connectivity index (χ0n) is 13.4. The fourth-order valence-electron chi connectivity index (χ4n) is 3.42. The summed E-state index contributed by atoms with van der Waals surface area (Å²) in [6.07, 6.45) is 5.36. The lowest BCUT2D eigenvalue weighted by Crippen LogP contribution is -2.46. The summed E-state index contributed by atoms with van der Waals surface area (Å²) in [5.74, 6) is 0.825. The van der Waals surface area contributed by atoms with Crippen molar-refractivity contribution in [3.63, 3.8) is 0 Å². The van der Waals surface area contributed by atoms with Gasteiger partial charge in [-0.2, -0.15) is 0 Å². The van der Waals surface area contributed by atoms with Crippen molar-refractivity contribution in [3.05, 3.63) is 0 Å². The van der Waals surface area contributed by atoms with E-state index in [4.69, 9.17) is 4.74 Å². The number of rotatable bonds is 6. The van der Waals surface area contributed by atoms with Crippen LogP contribution in [0.1, 0.15) is 46.0 Å². The number of hydrogen-bond acceptors (Lipinski definition) is 4. The molecule has 2 saturated heterocycles. The minimum Gasteiger partial charge on any atom is -0.377 e. The van der Waals surface area contributed by atoms with Gasteiger partial charge in [-0.1, -0.05) is 6.92 Å². The highest BCUT2D eigenvalue weighted by atomic mass is 32.2. The molecule has 0 bridgehead atoms. The van der Waals surface area contributed by atoms with Crippen molar-refractivity contribution in [2.75, 3.05) is 32.0 Å². The fraction of sp³-hybridized carbons (Fsp3) is 1.00. The first kappa shape index (κ1) is 17.2. The van der Waals surface area contributed by atoms with Crippen molar-refractivity contribution < 1.29 is 13.2 Å². The molecule has 0 spiro atoms. The molecule has 3 atom stereocenters. The SMILES string of the molecule is C[C@@H]1CCCN(C[C@H](C)NS(=O)(=O)C[C@@H]2CCCCO2)C1. The van der Waals surface area contributed by atoms with Gasteiger partial charge >= 0.3 is 0 Å². The molecule has 0 radical (unpaired) electrons. The monoisotopic (exact) mass is 318 g/mol. The summed E-state index contributed by atoms with van der Waals surface area (Å²) >= 11 is 0. The number of nitrogens with zero attached hydrogens (tertiary/aromatic N) is 1. The second-order valence-corrected chi connectivity index (χ2v) is 8.59. The van der Waals surface area contributed by atoms with E-state index in [0.29, 0.717) is 6.61 Å². The summed E-state index contributed by atoms with van der Waals surface area (Å²) in [6.45, 7) is 7.89. The number of hydrogen-bond donors (Lipinski definition) is 1. The van der Waals surface area contributed by atoms with Gasteiger partial charge in [0.25, 0.3) is 0 Å². The van der Waals surface area contributed by atoms with Crippen LogP contribution in [0.15, 0.2) is 0 Å². The Morgan fingerprint density at radius 2 is 2.10 bits per heavy atom. The number of piperidine rings is 1. The molecular formula is C15H30N2O3S. The molecule has 0 aromatic carbocycles. The maximum atomic E-state index is 12.2. The van der Waals surface area contributed by atoms with E-state index < -0.39 is 10.0 Å². The van der Waals surface area contributed by atoms with Crippen molar-refractivity contribution in [1.82, 2.24) is 9.62 Å². The zero-order valence-corrected chi connectivity index (χ0v) is 14.2. The van der Waals surface area contributed by atoms with E-state index in [9.17, 15) is 8.42 Å². The Bertz CT molecular complexity index is 407. The average molecular weight is 318 g/mol. The van der Waals surface area contributed by atoms with Crippen molar-refractivity contribution in [2.45, 2.75) is 58.1 Å². The highest BCUT2D eigenvalue weighted by Crippen LogP contribution is 2.16. The molecule has 2 aliphatic rings. The summed E-state index contributed by atoms with van der Waals surface area (Å²) in [4.78, 5) is 2.37. The standard InChI is InChI=1S/C15H30N2O3S/c1-13-6-5-8-17(10-13)11-14(2)16-21(18,19)12-15-7-3-4-9-20-15/h13-16H,3-12H2,1-2H3/t13-,14+,15+/m1/s1. The first-order valence-corrected chi connectivity index (χ1v) is 9.94. The molecule has 124 valence electrons. The number of ether oxygens (including phenoxy) is 1. The first-order valence-electron chi connectivity index (χ1n) is 8.28. The second-order valence-electron chi connectivity index (χ2n) is 6.80. The third-order valence-electron chi connectivity index (χ3n) is 4.33. The zero-order chi connectivity index (χ0) is 15.3. The van der Waals surface area contributed by atoms with Crippen molar-refractivity contribution in [3.8, 4) is 0 Å². The Labute approximate surface area is 129 Å². The fourth-order valence-corrected chi connectivity index (χ4v) is 4.95. The molecule has 21 heavy (non-hydrogen) atoms. The van der Waals surface area contributed by atoms with E-state index in [2.05, 4.69) is 16.5 Å². The molecular weight excluding hydrogens is 288 g/mol. The summed E-state index contributed by atoms with van der Waals surface area (Å²) in [5, 5.41) is 0. The van der Waals surface area contributed by atoms with Gasteiger partial charge in [0.1, 0.15) is 0 Å². The topological polar surface area (TPSA) is 58.6 Å². The number of sulfonamides is 1. The van der Waals surface area contributed by atoms with Gasteiger partial charge in [0, 0.05) is 25.7 Å². The average Bonchev–Trinajstić information content (AvgIpc) is 2.38. The van der Waals surface area contributed by atoms with Gasteiger partial charge in [-0.05, 0) is 51.5 Å². The van der Waals surface area contributed by atoms with Crippen LogP contribution in [0.3, 0.4) is 0 Å². The van der Waals surface area contributed by atoms with Crippen molar-refractivity contribution >= 4 is 10.0 Å². The predicted octanol–water partition coefficient (Wildman–Crippen LogP) is 1.60. The lowest BCUT2D eigenvalue weighted by atomic mass is 10.00. The number of likely N-dealkylation sites (tertiary alicyclic amines) is 1. The Morgan fingerprint density at radius 1 is 1.29 bits per heavy atom. The molecule has 0 unspecified atom stereocenters. The van der Waals surface area contributed by atoms with Gasteiger partial charge in [-0.15, -0.1) is 0 Å². The normalized spacial score (nSPS) is 30.2. The molecule has 2 rings (SSSR count). The van der Waals surface area contributed by atoms with Crippen LogP contribution in [0, 0.1) is 5.92 Å². The van der Waals surface area contributed by atoms with Gasteiger partial charge in [-0.25, -0.2) is 13.1 Å². The maximum absolute atomic E-state index is 12.2. The van der Waals surface area contributed by atoms with E-state index in [0.717, 1.165) is 44.8 Å². The Hall–Kier alpha value is -0.170. The molecule has 0 aromatic heterocycles. The lowest BCUT2D eigenvalue weighted by Gasteiger charge is -2.33. The molecule has 5 nitrogen and oxygen atoms in total. The second kappa shape index (κ2) is 7.90. The van der Waals surface area contributed by atoms with E-state index in [1.807, 2.05) is 6.92 Å². The summed E-state index contributed by atoms with van der Waals surface area (Å²) < 4.78 is 32.8. The molecule has 0 saturated carbocycles.